The fraction of sp³-hybridized carbons (Fsp3) is 0.200. The van der Waals surface area contributed by atoms with E-state index >= 15 is 0 Å². The van der Waals surface area contributed by atoms with Crippen molar-refractivity contribution in [2.45, 2.75) is 43.9 Å². The minimum atomic E-state index is -4.79. The first-order valence-corrected chi connectivity index (χ1v) is 17.1. The van der Waals surface area contributed by atoms with E-state index in [0.717, 1.165) is 38.1 Å². The van der Waals surface area contributed by atoms with Gasteiger partial charge >= 0.3 is 12.4 Å². The fourth-order valence-electron chi connectivity index (χ4n) is 4.74. The molecule has 0 aliphatic rings. The number of halogens is 8. The zero-order valence-corrected chi connectivity index (χ0v) is 32.0. The van der Waals surface area contributed by atoms with Crippen molar-refractivity contribution in [3.63, 3.8) is 0 Å². The van der Waals surface area contributed by atoms with E-state index < -0.39 is 70.0 Å². The molecule has 2 amide bonds. The molecule has 0 aliphatic heterocycles. The van der Waals surface area contributed by atoms with Gasteiger partial charge in [0.15, 0.2) is 5.60 Å². The Bertz CT molecular complexity index is 2560. The molecule has 0 unspecified atom stereocenters. The van der Waals surface area contributed by atoms with E-state index in [1.807, 2.05) is 0 Å². The number of rotatable bonds is 9. The van der Waals surface area contributed by atoms with Gasteiger partial charge < -0.3 is 20.8 Å². The highest BCUT2D eigenvalue weighted by Gasteiger charge is 2.37. The number of aliphatic hydroxyl groups is 2. The molecule has 0 radical (unpaired) electrons. The van der Waals surface area contributed by atoms with Crippen LogP contribution in [0.3, 0.4) is 0 Å². The summed E-state index contributed by atoms with van der Waals surface area (Å²) in [7, 11) is 0. The van der Waals surface area contributed by atoms with Crippen LogP contribution in [0.4, 0.5) is 46.5 Å². The van der Waals surface area contributed by atoms with Gasteiger partial charge in [-0.3, -0.25) is 9.59 Å². The largest absolute Gasteiger partial charge is 0.417 e. The number of nitrogens with zero attached hydrogens (tertiary/aromatic N) is 8. The van der Waals surface area contributed by atoms with Crippen molar-refractivity contribution in [3.05, 3.63) is 141 Å². The van der Waals surface area contributed by atoms with Crippen LogP contribution < -0.4 is 10.6 Å². The normalized spacial score (nSPS) is 12.7. The van der Waals surface area contributed by atoms with Crippen LogP contribution in [0.2, 0.25) is 0 Å². The van der Waals surface area contributed by atoms with Gasteiger partial charge in [0.25, 0.3) is 11.8 Å². The standard InChI is InChI=1S/C20H15F4N5O2.C12H10F3N5O2.C8H5F/c1-19(31,11-29-10-17(27-28-29)12-2-5-14(21)6-3-12)18(30)26-15-7-4-13(9-25)16(8-15)20(22,23)24;1-11(22,6-18-20-17)10(21)19-8-3-2-7(5-16)9(4-8)12(13,14)15;1-2-7-3-5-8(9)6-4-7/h2-8,10,31H,11H2,1H3,(H,26,30);2-4,22H,6H2,1H3,(H,19,21);1,3-6H/t19-;11-;/m00./s1. The summed E-state index contributed by atoms with van der Waals surface area (Å²) in [4.78, 5) is 26.6. The number of azide groups is 1. The zero-order valence-electron chi connectivity index (χ0n) is 32.0. The number of hydrogen-bond acceptors (Lipinski definition) is 9. The third-order valence-electron chi connectivity index (χ3n) is 7.99. The predicted octanol–water partition coefficient (Wildman–Crippen LogP) is 7.75. The molecule has 5 aromatic rings. The van der Waals surface area contributed by atoms with Gasteiger partial charge in [0, 0.05) is 27.4 Å². The Morgan fingerprint density at radius 1 is 0.790 bits per heavy atom. The summed E-state index contributed by atoms with van der Waals surface area (Å²) >= 11 is 0. The molecule has 0 spiro atoms. The van der Waals surface area contributed by atoms with E-state index in [-0.39, 0.29) is 23.7 Å². The Balaban J connectivity index is 0.000000285. The Hall–Kier alpha value is -7.83. The summed E-state index contributed by atoms with van der Waals surface area (Å²) in [6, 6.07) is 19.4. The number of alkyl halides is 6. The molecule has 0 fully saturated rings. The first-order valence-electron chi connectivity index (χ1n) is 17.1. The molecule has 2 atom stereocenters. The van der Waals surface area contributed by atoms with Crippen LogP contribution in [0, 0.1) is 46.6 Å². The van der Waals surface area contributed by atoms with Crippen molar-refractivity contribution in [2.24, 2.45) is 5.11 Å². The highest BCUT2D eigenvalue weighted by molar-refractivity contribution is 5.97. The van der Waals surface area contributed by atoms with Gasteiger partial charge in [-0.25, -0.2) is 13.5 Å². The van der Waals surface area contributed by atoms with E-state index in [1.54, 1.807) is 12.1 Å². The Morgan fingerprint density at radius 3 is 1.66 bits per heavy atom. The van der Waals surface area contributed by atoms with E-state index in [4.69, 9.17) is 22.5 Å². The third-order valence-corrected chi connectivity index (χ3v) is 7.99. The number of carbonyl (C=O) groups excluding carboxylic acids is 2. The average Bonchev–Trinajstić information content (AvgIpc) is 3.68. The lowest BCUT2D eigenvalue weighted by Gasteiger charge is -2.22. The molecule has 14 nitrogen and oxygen atoms in total. The van der Waals surface area contributed by atoms with Crippen LogP contribution in [0.15, 0.2) is 96.2 Å². The Morgan fingerprint density at radius 2 is 1.24 bits per heavy atom. The van der Waals surface area contributed by atoms with Gasteiger partial charge in [-0.15, -0.1) is 11.5 Å². The highest BCUT2D eigenvalue weighted by Crippen LogP contribution is 2.35. The maximum atomic E-state index is 13.1. The molecule has 5 rings (SSSR count). The van der Waals surface area contributed by atoms with Gasteiger partial charge in [0.05, 0.1) is 53.7 Å². The van der Waals surface area contributed by atoms with Crippen molar-refractivity contribution in [2.75, 3.05) is 17.2 Å². The van der Waals surface area contributed by atoms with Crippen LogP contribution in [-0.4, -0.2) is 54.8 Å². The molecule has 0 bridgehead atoms. The second-order valence-electron chi connectivity index (χ2n) is 13.0. The van der Waals surface area contributed by atoms with Crippen molar-refractivity contribution in [3.8, 4) is 35.7 Å². The van der Waals surface area contributed by atoms with Gasteiger partial charge in [-0.2, -0.15) is 36.9 Å². The monoisotopic (exact) mass is 866 g/mol. The van der Waals surface area contributed by atoms with Crippen molar-refractivity contribution in [1.29, 1.82) is 10.5 Å². The first-order chi connectivity index (χ1) is 28.9. The van der Waals surface area contributed by atoms with E-state index in [9.17, 15) is 54.9 Å². The van der Waals surface area contributed by atoms with Crippen LogP contribution in [0.5, 0.6) is 0 Å². The molecule has 4 N–H and O–H groups in total. The topological polar surface area (TPSA) is 226 Å². The van der Waals surface area contributed by atoms with Crippen LogP contribution >= 0.6 is 0 Å². The lowest BCUT2D eigenvalue weighted by molar-refractivity contribution is -0.138. The van der Waals surface area contributed by atoms with Gasteiger partial charge in [0.1, 0.15) is 22.9 Å². The summed E-state index contributed by atoms with van der Waals surface area (Å²) in [5, 5.41) is 52.8. The van der Waals surface area contributed by atoms with Crippen molar-refractivity contribution in [1.82, 2.24) is 15.0 Å². The number of nitrogens with one attached hydrogen (secondary N) is 2. The average molecular weight is 867 g/mol. The zero-order chi connectivity index (χ0) is 46.5. The molecule has 0 aliphatic carbocycles. The summed E-state index contributed by atoms with van der Waals surface area (Å²) in [6.45, 7) is 1.27. The van der Waals surface area contributed by atoms with Crippen molar-refractivity contribution < 1.29 is 54.9 Å². The van der Waals surface area contributed by atoms with Gasteiger partial charge in [-0.05, 0) is 104 Å². The molecule has 4 aromatic carbocycles. The number of benzene rings is 4. The molecule has 22 heteroatoms. The first kappa shape index (κ1) is 48.5. The summed E-state index contributed by atoms with van der Waals surface area (Å²) in [5.41, 5.74) is 1.57. The molecular weight excluding hydrogens is 836 g/mol. The number of nitriles is 2. The number of hydrogen-bond donors (Lipinski definition) is 4. The maximum Gasteiger partial charge on any atom is 0.417 e. The maximum absolute atomic E-state index is 13.1. The van der Waals surface area contributed by atoms with Crippen LogP contribution in [0.25, 0.3) is 21.7 Å². The summed E-state index contributed by atoms with van der Waals surface area (Å²) in [6.07, 6.45) is -3.09. The number of terminal acetylenes is 1. The Kier molecular flexibility index (Phi) is 16.0. The molecule has 62 heavy (non-hydrogen) atoms. The highest BCUT2D eigenvalue weighted by atomic mass is 19.4. The summed E-state index contributed by atoms with van der Waals surface area (Å²) < 4.78 is 104. The number of amides is 2. The second-order valence-corrected chi connectivity index (χ2v) is 13.0. The van der Waals surface area contributed by atoms with E-state index in [0.29, 0.717) is 29.0 Å². The molecule has 0 saturated heterocycles. The molecule has 0 saturated carbocycles. The van der Waals surface area contributed by atoms with Crippen LogP contribution in [-0.2, 0) is 28.5 Å². The SMILES string of the molecule is C#Cc1ccc(F)cc1.C[C@](O)(CN=[N+]=[N-])C(=O)Nc1ccc(C#N)c(C(F)(F)F)c1.C[C@](O)(Cn1cc(-c2ccc(F)cc2)nn1)C(=O)Nc1ccc(C#N)c(C(F)(F)F)c1. The number of aromatic nitrogens is 3. The minimum Gasteiger partial charge on any atom is -0.380 e. The lowest BCUT2D eigenvalue weighted by atomic mass is 10.0. The van der Waals surface area contributed by atoms with Gasteiger partial charge in [0.2, 0.25) is 0 Å². The van der Waals surface area contributed by atoms with Crippen molar-refractivity contribution >= 4 is 23.2 Å². The molecular formula is C40H30F8N10O4. The van der Waals surface area contributed by atoms with Crippen LogP contribution in [0.1, 0.15) is 41.7 Å². The predicted molar refractivity (Wildman–Crippen MR) is 205 cm³/mol. The molecule has 1 aromatic heterocycles. The van der Waals surface area contributed by atoms with Gasteiger partial charge in [-0.1, -0.05) is 16.2 Å². The number of anilines is 2. The second kappa shape index (κ2) is 20.4. The fourth-order valence-corrected chi connectivity index (χ4v) is 4.74. The van der Waals surface area contributed by atoms with E-state index in [2.05, 4.69) is 36.9 Å². The minimum absolute atomic E-state index is 0.234. The Labute approximate surface area is 346 Å². The smallest absolute Gasteiger partial charge is 0.380 e. The number of carbonyl (C=O) groups is 2. The lowest BCUT2D eigenvalue weighted by Crippen LogP contribution is -2.43. The summed E-state index contributed by atoms with van der Waals surface area (Å²) in [5.74, 6) is -0.318. The van der Waals surface area contributed by atoms with E-state index in [1.165, 1.54) is 59.4 Å². The molecule has 1 heterocycles. The quantitative estimate of drug-likeness (QED) is 0.0376. The molecule has 320 valence electrons. The third kappa shape index (κ3) is 13.9.